The highest BCUT2D eigenvalue weighted by molar-refractivity contribution is 9.10. The molecule has 4 saturated heterocycles. The van der Waals surface area contributed by atoms with Crippen molar-refractivity contribution < 1.29 is 9.31 Å². The number of hydrogen-bond donors (Lipinski definition) is 1. The van der Waals surface area contributed by atoms with Crippen LogP contribution in [0.15, 0.2) is 53.9 Å². The van der Waals surface area contributed by atoms with Crippen LogP contribution >= 0.6 is 15.9 Å². The van der Waals surface area contributed by atoms with E-state index in [1.165, 1.54) is 38.5 Å². The standard InChI is InChI=1S/C15H24BN3O2.C13H16N6.C9H12BrN3/c1-11-7-6-8-19(11)13-17-9-12(10-18-13)16-20-14(2,3)15(4,5)21-16;1-9-3-2-6-19(9)13-16-7-10(8-17-13)12-15-5-4-11(14)18-12;1-7-3-2-4-13(7)9-11-5-8(10)6-12-9/h9-11H,6-8H2,1-5H3;4-5,7-9H,2-3,6H2,1H3,(H2,14,15,18);5-7H,2-4H2,1H3/t11-;9-;7-/m111/s1. The van der Waals surface area contributed by atoms with Gasteiger partial charge in [-0.25, -0.2) is 39.9 Å². The summed E-state index contributed by atoms with van der Waals surface area (Å²) in [6.07, 6.45) is 19.7. The Bertz CT molecular complexity index is 1770. The first-order valence-electron chi connectivity index (χ1n) is 18.7. The average molecular weight is 788 g/mol. The van der Waals surface area contributed by atoms with Gasteiger partial charge in [-0.15, -0.1) is 0 Å². The fraction of sp³-hybridized carbons (Fsp3) is 0.568. The molecule has 0 aromatic carbocycles. The maximum atomic E-state index is 6.02. The van der Waals surface area contributed by atoms with Gasteiger partial charge in [0.25, 0.3) is 0 Å². The third-order valence-electron chi connectivity index (χ3n) is 10.8. The Morgan fingerprint density at radius 2 is 1.08 bits per heavy atom. The zero-order valence-electron chi connectivity index (χ0n) is 32.0. The van der Waals surface area contributed by atoms with E-state index in [1.807, 2.05) is 40.1 Å². The summed E-state index contributed by atoms with van der Waals surface area (Å²) in [5, 5.41) is 0. The summed E-state index contributed by atoms with van der Waals surface area (Å²) in [6.45, 7) is 18.0. The van der Waals surface area contributed by atoms with Gasteiger partial charge < -0.3 is 29.7 Å². The summed E-state index contributed by atoms with van der Waals surface area (Å²) in [5.74, 6) is 3.44. The summed E-state index contributed by atoms with van der Waals surface area (Å²) in [6, 6.07) is 3.27. The van der Waals surface area contributed by atoms with Crippen molar-refractivity contribution in [3.63, 3.8) is 0 Å². The SMILES string of the molecule is C[C@@H]1CCCN1c1ncc(-c2nccc(N)n2)cn1.C[C@@H]1CCCN1c1ncc(B2OC(C)(C)C(C)(C)O2)cn1.C[C@@H]1CCCN1c1ncc(Br)cn1. The van der Waals surface area contributed by atoms with Gasteiger partial charge in [-0.05, 0) is 109 Å². The third-order valence-corrected chi connectivity index (χ3v) is 11.2. The van der Waals surface area contributed by atoms with Crippen molar-refractivity contribution in [2.24, 2.45) is 0 Å². The van der Waals surface area contributed by atoms with Gasteiger partial charge in [-0.3, -0.25) is 0 Å². The molecule has 0 saturated carbocycles. The molecule has 8 heterocycles. The van der Waals surface area contributed by atoms with Crippen molar-refractivity contribution in [3.05, 3.63) is 53.9 Å². The van der Waals surface area contributed by atoms with Crippen LogP contribution in [-0.2, 0) is 9.31 Å². The first-order chi connectivity index (χ1) is 25.3. The van der Waals surface area contributed by atoms with E-state index in [0.717, 1.165) is 53.0 Å². The van der Waals surface area contributed by atoms with Gasteiger partial charge in [-0.1, -0.05) is 0 Å². The lowest BCUT2D eigenvalue weighted by atomic mass is 9.81. The molecule has 0 spiro atoms. The van der Waals surface area contributed by atoms with Crippen molar-refractivity contribution in [2.45, 2.75) is 116 Å². The highest BCUT2D eigenvalue weighted by atomic mass is 79.9. The van der Waals surface area contributed by atoms with Gasteiger partial charge in [-0.2, -0.15) is 0 Å². The minimum atomic E-state index is -0.389. The maximum Gasteiger partial charge on any atom is 0.498 e. The molecule has 0 aliphatic carbocycles. The van der Waals surface area contributed by atoms with Gasteiger partial charge in [0.15, 0.2) is 5.82 Å². The zero-order valence-corrected chi connectivity index (χ0v) is 33.6. The van der Waals surface area contributed by atoms with E-state index in [0.29, 0.717) is 29.8 Å². The van der Waals surface area contributed by atoms with Crippen LogP contribution in [-0.4, -0.2) is 96.0 Å². The first kappa shape index (κ1) is 38.7. The van der Waals surface area contributed by atoms with Crippen LogP contribution in [0.4, 0.5) is 23.7 Å². The number of aromatic nitrogens is 8. The number of anilines is 4. The number of hydrogen-bond acceptors (Lipinski definition) is 14. The van der Waals surface area contributed by atoms with Crippen LogP contribution in [0, 0.1) is 0 Å². The maximum absolute atomic E-state index is 6.02. The largest absolute Gasteiger partial charge is 0.498 e. The molecule has 282 valence electrons. The Kier molecular flexibility index (Phi) is 12.1. The molecule has 0 unspecified atom stereocenters. The smallest absolute Gasteiger partial charge is 0.399 e. The van der Waals surface area contributed by atoms with E-state index in [1.54, 1.807) is 37.1 Å². The second-order valence-electron chi connectivity index (χ2n) is 15.2. The highest BCUT2D eigenvalue weighted by Gasteiger charge is 2.52. The summed E-state index contributed by atoms with van der Waals surface area (Å²) in [4.78, 5) is 41.5. The van der Waals surface area contributed by atoms with Gasteiger partial charge in [0.1, 0.15) is 5.82 Å². The normalized spacial score (nSPS) is 23.1. The van der Waals surface area contributed by atoms with E-state index in [4.69, 9.17) is 15.0 Å². The molecule has 4 aromatic heterocycles. The fourth-order valence-electron chi connectivity index (χ4n) is 6.82. The van der Waals surface area contributed by atoms with E-state index in [2.05, 4.69) is 91.3 Å². The Hall–Kier alpha value is -4.02. The van der Waals surface area contributed by atoms with Crippen LogP contribution in [0.25, 0.3) is 11.4 Å². The van der Waals surface area contributed by atoms with Crippen LogP contribution in [0.1, 0.15) is 87.0 Å². The van der Waals surface area contributed by atoms with E-state index < -0.39 is 0 Å². The van der Waals surface area contributed by atoms with Gasteiger partial charge in [0, 0.05) is 86.6 Å². The van der Waals surface area contributed by atoms with Crippen LogP contribution in [0.2, 0.25) is 0 Å². The molecule has 4 aromatic rings. The van der Waals surface area contributed by atoms with Crippen molar-refractivity contribution >= 4 is 52.2 Å². The number of rotatable bonds is 5. The number of halogens is 1. The molecule has 0 radical (unpaired) electrons. The third kappa shape index (κ3) is 9.21. The Labute approximate surface area is 322 Å². The van der Waals surface area contributed by atoms with E-state index in [-0.39, 0.29) is 18.3 Å². The second kappa shape index (κ2) is 16.6. The topological polar surface area (TPSA) is 157 Å². The number of nitrogen functional groups attached to an aromatic ring is 1. The fourth-order valence-corrected chi connectivity index (χ4v) is 7.03. The predicted octanol–water partition coefficient (Wildman–Crippen LogP) is 5.50. The molecule has 4 fully saturated rings. The van der Waals surface area contributed by atoms with Gasteiger partial charge in [0.2, 0.25) is 17.8 Å². The molecule has 3 atom stereocenters. The average Bonchev–Trinajstić information content (AvgIpc) is 3.93. The Morgan fingerprint density at radius 1 is 0.660 bits per heavy atom. The number of nitrogens with zero attached hydrogens (tertiary/aromatic N) is 11. The van der Waals surface area contributed by atoms with Crippen molar-refractivity contribution in [1.29, 1.82) is 0 Å². The lowest BCUT2D eigenvalue weighted by Crippen LogP contribution is -2.41. The summed E-state index contributed by atoms with van der Waals surface area (Å²) < 4.78 is 13.0. The van der Waals surface area contributed by atoms with Crippen molar-refractivity contribution in [1.82, 2.24) is 39.9 Å². The lowest BCUT2D eigenvalue weighted by Gasteiger charge is -2.32. The van der Waals surface area contributed by atoms with Crippen LogP contribution in [0.5, 0.6) is 0 Å². The summed E-state index contributed by atoms with van der Waals surface area (Å²) >= 11 is 3.33. The van der Waals surface area contributed by atoms with Crippen LogP contribution in [0.3, 0.4) is 0 Å². The first-order valence-corrected chi connectivity index (χ1v) is 19.5. The summed E-state index contributed by atoms with van der Waals surface area (Å²) in [7, 11) is -0.389. The molecular weight excluding hydrogens is 735 g/mol. The zero-order chi connectivity index (χ0) is 37.8. The molecule has 2 N–H and O–H groups in total. The molecule has 16 heteroatoms. The molecule has 0 amide bonds. The van der Waals surface area contributed by atoms with Gasteiger partial charge in [0.05, 0.1) is 21.2 Å². The molecule has 0 bridgehead atoms. The van der Waals surface area contributed by atoms with Crippen molar-refractivity contribution in [2.75, 3.05) is 40.1 Å². The lowest BCUT2D eigenvalue weighted by molar-refractivity contribution is 0.00578. The second-order valence-corrected chi connectivity index (χ2v) is 16.2. The van der Waals surface area contributed by atoms with Crippen molar-refractivity contribution in [3.8, 4) is 11.4 Å². The Balaban J connectivity index is 0.000000140. The minimum absolute atomic E-state index is 0.334. The summed E-state index contributed by atoms with van der Waals surface area (Å²) in [5.41, 5.74) is 6.64. The molecule has 8 rings (SSSR count). The monoisotopic (exact) mass is 786 g/mol. The molecular formula is C37H52BBrN12O2. The molecule has 4 aliphatic heterocycles. The predicted molar refractivity (Wildman–Crippen MR) is 213 cm³/mol. The highest BCUT2D eigenvalue weighted by Crippen LogP contribution is 2.36. The molecule has 4 aliphatic rings. The number of nitrogens with two attached hydrogens (primary N) is 1. The molecule has 14 nitrogen and oxygen atoms in total. The van der Waals surface area contributed by atoms with E-state index in [9.17, 15) is 0 Å². The Morgan fingerprint density at radius 3 is 1.47 bits per heavy atom. The minimum Gasteiger partial charge on any atom is -0.399 e. The van der Waals surface area contributed by atoms with Crippen LogP contribution < -0.4 is 25.9 Å². The van der Waals surface area contributed by atoms with Gasteiger partial charge >= 0.3 is 7.12 Å². The van der Waals surface area contributed by atoms with E-state index >= 15 is 0 Å². The molecule has 53 heavy (non-hydrogen) atoms. The quantitative estimate of drug-likeness (QED) is 0.253.